The Labute approximate surface area is 172 Å². The lowest BCUT2D eigenvalue weighted by Crippen LogP contribution is -2.58. The first kappa shape index (κ1) is 20.0. The molecule has 0 saturated carbocycles. The standard InChI is InChI=1S/C22H21FN2O5/c23-17-9-5-4-8-16(17)20(27)24-12-10-22(11-13-24)25(18(14-30-22)21(28)29)19(26)15-6-2-1-3-7-15/h1-9,18H,10-14H2,(H,28,29)/t18-/m0/s1. The summed E-state index contributed by atoms with van der Waals surface area (Å²) in [6.07, 6.45) is 0.491. The highest BCUT2D eigenvalue weighted by Crippen LogP contribution is 2.38. The van der Waals surface area contributed by atoms with Crippen molar-refractivity contribution < 1.29 is 28.6 Å². The molecule has 30 heavy (non-hydrogen) atoms. The van der Waals surface area contributed by atoms with Crippen molar-refractivity contribution >= 4 is 17.8 Å². The van der Waals surface area contributed by atoms with E-state index in [1.165, 1.54) is 28.0 Å². The molecule has 2 aliphatic heterocycles. The summed E-state index contributed by atoms with van der Waals surface area (Å²) in [6.45, 7) is 0.325. The summed E-state index contributed by atoms with van der Waals surface area (Å²) in [5.41, 5.74) is -0.748. The van der Waals surface area contributed by atoms with Gasteiger partial charge < -0.3 is 14.7 Å². The average molecular weight is 412 g/mol. The van der Waals surface area contributed by atoms with Crippen molar-refractivity contribution in [1.29, 1.82) is 0 Å². The molecular formula is C22H21FN2O5. The molecule has 2 fully saturated rings. The third-order valence-corrected chi connectivity index (χ3v) is 5.72. The SMILES string of the molecule is O=C(O)[C@@H]1COC2(CCN(C(=O)c3ccccc3F)CC2)N1C(=O)c1ccccc1. The second kappa shape index (κ2) is 7.87. The monoisotopic (exact) mass is 412 g/mol. The summed E-state index contributed by atoms with van der Waals surface area (Å²) in [7, 11) is 0. The number of benzene rings is 2. The van der Waals surface area contributed by atoms with E-state index in [2.05, 4.69) is 0 Å². The minimum Gasteiger partial charge on any atom is -0.480 e. The maximum absolute atomic E-state index is 14.0. The molecule has 7 nitrogen and oxygen atoms in total. The van der Waals surface area contributed by atoms with Gasteiger partial charge in [0, 0.05) is 31.5 Å². The number of amides is 2. The number of hydrogen-bond donors (Lipinski definition) is 1. The Kier molecular flexibility index (Phi) is 5.26. The number of aliphatic carboxylic acids is 1. The normalized spacial score (nSPS) is 20.4. The number of halogens is 1. The van der Waals surface area contributed by atoms with E-state index in [0.717, 1.165) is 0 Å². The number of carboxylic acids is 1. The summed E-state index contributed by atoms with van der Waals surface area (Å²) in [4.78, 5) is 40.5. The van der Waals surface area contributed by atoms with Crippen LogP contribution in [-0.4, -0.2) is 64.2 Å². The molecule has 2 saturated heterocycles. The highest BCUT2D eigenvalue weighted by atomic mass is 19.1. The fourth-order valence-corrected chi connectivity index (χ4v) is 4.14. The molecule has 0 bridgehead atoms. The Morgan fingerprint density at radius 2 is 1.60 bits per heavy atom. The summed E-state index contributed by atoms with van der Waals surface area (Å²) in [6, 6.07) is 13.1. The molecule has 0 unspecified atom stereocenters. The number of nitrogens with zero attached hydrogens (tertiary/aromatic N) is 2. The van der Waals surface area contributed by atoms with Crippen LogP contribution in [0.25, 0.3) is 0 Å². The molecule has 2 aromatic rings. The first-order chi connectivity index (χ1) is 14.4. The van der Waals surface area contributed by atoms with Crippen LogP contribution in [-0.2, 0) is 9.53 Å². The third kappa shape index (κ3) is 3.43. The number of ether oxygens (including phenoxy) is 1. The number of carbonyl (C=O) groups excluding carboxylic acids is 2. The molecule has 2 aromatic carbocycles. The lowest BCUT2D eigenvalue weighted by molar-refractivity contribution is -0.143. The van der Waals surface area contributed by atoms with Crippen LogP contribution in [0.4, 0.5) is 4.39 Å². The Hall–Kier alpha value is -3.26. The van der Waals surface area contributed by atoms with E-state index in [4.69, 9.17) is 4.74 Å². The van der Waals surface area contributed by atoms with Crippen LogP contribution < -0.4 is 0 Å². The number of likely N-dealkylation sites (tertiary alicyclic amines) is 1. The van der Waals surface area contributed by atoms with Crippen LogP contribution in [0.2, 0.25) is 0 Å². The van der Waals surface area contributed by atoms with Crippen molar-refractivity contribution in [3.8, 4) is 0 Å². The molecule has 1 atom stereocenters. The van der Waals surface area contributed by atoms with Crippen LogP contribution in [0.5, 0.6) is 0 Å². The zero-order valence-corrected chi connectivity index (χ0v) is 16.2. The van der Waals surface area contributed by atoms with Gasteiger partial charge in [-0.2, -0.15) is 0 Å². The summed E-state index contributed by atoms with van der Waals surface area (Å²) in [5.74, 6) is -2.58. The van der Waals surface area contributed by atoms with Gasteiger partial charge in [-0.1, -0.05) is 30.3 Å². The zero-order valence-electron chi connectivity index (χ0n) is 16.2. The molecule has 8 heteroatoms. The van der Waals surface area contributed by atoms with Gasteiger partial charge in [0.25, 0.3) is 11.8 Å². The number of rotatable bonds is 3. The fourth-order valence-electron chi connectivity index (χ4n) is 4.14. The molecular weight excluding hydrogens is 391 g/mol. The lowest BCUT2D eigenvalue weighted by atomic mass is 9.96. The molecule has 1 spiro atoms. The highest BCUT2D eigenvalue weighted by Gasteiger charge is 2.54. The van der Waals surface area contributed by atoms with Gasteiger partial charge in [0.05, 0.1) is 12.2 Å². The average Bonchev–Trinajstić information content (AvgIpc) is 3.13. The van der Waals surface area contributed by atoms with E-state index in [1.807, 2.05) is 0 Å². The number of carboxylic acid groups (broad SMARTS) is 1. The van der Waals surface area contributed by atoms with Crippen LogP contribution in [0.15, 0.2) is 54.6 Å². The van der Waals surface area contributed by atoms with Gasteiger partial charge in [-0.05, 0) is 24.3 Å². The first-order valence-corrected chi connectivity index (χ1v) is 9.72. The van der Waals surface area contributed by atoms with E-state index in [1.54, 1.807) is 36.4 Å². The topological polar surface area (TPSA) is 87.2 Å². The summed E-state index contributed by atoms with van der Waals surface area (Å²) in [5, 5.41) is 9.63. The van der Waals surface area contributed by atoms with Crippen molar-refractivity contribution in [3.63, 3.8) is 0 Å². The fraction of sp³-hybridized carbons (Fsp3) is 0.318. The molecule has 2 aliphatic rings. The molecule has 1 N–H and O–H groups in total. The molecule has 0 radical (unpaired) electrons. The van der Waals surface area contributed by atoms with Gasteiger partial charge in [-0.25, -0.2) is 9.18 Å². The molecule has 4 rings (SSSR count). The number of piperidine rings is 1. The van der Waals surface area contributed by atoms with Crippen LogP contribution in [0.1, 0.15) is 33.6 Å². The highest BCUT2D eigenvalue weighted by molar-refractivity contribution is 5.97. The minimum atomic E-state index is -1.14. The van der Waals surface area contributed by atoms with Gasteiger partial charge in [-0.15, -0.1) is 0 Å². The largest absolute Gasteiger partial charge is 0.480 e. The molecule has 0 aliphatic carbocycles. The minimum absolute atomic E-state index is 0.0126. The second-order valence-corrected chi connectivity index (χ2v) is 7.42. The predicted molar refractivity (Wildman–Crippen MR) is 104 cm³/mol. The molecule has 2 amide bonds. The smallest absolute Gasteiger partial charge is 0.328 e. The van der Waals surface area contributed by atoms with Gasteiger partial charge >= 0.3 is 5.97 Å². The molecule has 2 heterocycles. The third-order valence-electron chi connectivity index (χ3n) is 5.72. The van der Waals surface area contributed by atoms with E-state index in [9.17, 15) is 23.9 Å². The van der Waals surface area contributed by atoms with Crippen molar-refractivity contribution in [2.24, 2.45) is 0 Å². The Balaban J connectivity index is 1.56. The lowest BCUT2D eigenvalue weighted by Gasteiger charge is -2.44. The summed E-state index contributed by atoms with van der Waals surface area (Å²) < 4.78 is 19.9. The Bertz CT molecular complexity index is 973. The van der Waals surface area contributed by atoms with Crippen molar-refractivity contribution in [2.45, 2.75) is 24.6 Å². The van der Waals surface area contributed by atoms with E-state index in [0.29, 0.717) is 5.56 Å². The predicted octanol–water partition coefficient (Wildman–Crippen LogP) is 2.38. The van der Waals surface area contributed by atoms with Crippen LogP contribution in [0, 0.1) is 5.82 Å². The Morgan fingerprint density at radius 3 is 2.23 bits per heavy atom. The van der Waals surface area contributed by atoms with Crippen LogP contribution in [0.3, 0.4) is 0 Å². The second-order valence-electron chi connectivity index (χ2n) is 7.42. The number of carbonyl (C=O) groups is 3. The van der Waals surface area contributed by atoms with Crippen LogP contribution >= 0.6 is 0 Å². The van der Waals surface area contributed by atoms with E-state index in [-0.39, 0.29) is 38.1 Å². The van der Waals surface area contributed by atoms with Crippen molar-refractivity contribution in [3.05, 3.63) is 71.5 Å². The molecule has 156 valence electrons. The van der Waals surface area contributed by atoms with Crippen molar-refractivity contribution in [2.75, 3.05) is 19.7 Å². The molecule has 0 aromatic heterocycles. The maximum atomic E-state index is 14.0. The first-order valence-electron chi connectivity index (χ1n) is 9.72. The Morgan fingerprint density at radius 1 is 0.967 bits per heavy atom. The van der Waals surface area contributed by atoms with E-state index >= 15 is 0 Å². The van der Waals surface area contributed by atoms with Gasteiger partial charge in [0.15, 0.2) is 6.04 Å². The zero-order chi connectivity index (χ0) is 21.3. The maximum Gasteiger partial charge on any atom is 0.328 e. The van der Waals surface area contributed by atoms with Gasteiger partial charge in [0.2, 0.25) is 0 Å². The van der Waals surface area contributed by atoms with Gasteiger partial charge in [-0.3, -0.25) is 14.5 Å². The number of hydrogen-bond acceptors (Lipinski definition) is 4. The van der Waals surface area contributed by atoms with Gasteiger partial charge in [0.1, 0.15) is 11.5 Å². The van der Waals surface area contributed by atoms with Crippen molar-refractivity contribution in [1.82, 2.24) is 9.80 Å². The quantitative estimate of drug-likeness (QED) is 0.837. The van der Waals surface area contributed by atoms with E-state index < -0.39 is 35.4 Å². The summed E-state index contributed by atoms with van der Waals surface area (Å²) >= 11 is 0.